The number of hydrogen-bond donors (Lipinski definition) is 10. The Bertz CT molecular complexity index is 1700. The van der Waals surface area contributed by atoms with Crippen molar-refractivity contribution in [2.75, 3.05) is 58.9 Å². The molecule has 24 heteroatoms. The molecule has 0 aliphatic carbocycles. The van der Waals surface area contributed by atoms with E-state index in [1.165, 1.54) is 48.8 Å². The van der Waals surface area contributed by atoms with Crippen molar-refractivity contribution in [2.24, 2.45) is 11.5 Å². The summed E-state index contributed by atoms with van der Waals surface area (Å²) in [5.74, 6) is -7.80. The minimum atomic E-state index is -1.28. The van der Waals surface area contributed by atoms with Gasteiger partial charge in [-0.2, -0.15) is 0 Å². The van der Waals surface area contributed by atoms with Crippen LogP contribution in [-0.2, 0) is 52.7 Å². The number of nitrogens with two attached hydrogens (primary N) is 2. The summed E-state index contributed by atoms with van der Waals surface area (Å²) in [7, 11) is 0. The Morgan fingerprint density at radius 3 is 1.35 bits per heavy atom. The van der Waals surface area contributed by atoms with Gasteiger partial charge in [0.15, 0.2) is 0 Å². The van der Waals surface area contributed by atoms with Crippen molar-refractivity contribution < 1.29 is 57.8 Å². The molecule has 2 fully saturated rings. The van der Waals surface area contributed by atoms with E-state index in [0.29, 0.717) is 25.8 Å². The largest absolute Gasteiger partial charge is 0.480 e. The van der Waals surface area contributed by atoms with E-state index < -0.39 is 135 Å². The molecule has 10 amide bonds. The van der Waals surface area contributed by atoms with Crippen LogP contribution in [0.25, 0.3) is 0 Å². The molecule has 2 rings (SSSR count). The molecule has 3 unspecified atom stereocenters. The average molecular weight is 1340 g/mol. The van der Waals surface area contributed by atoms with Crippen LogP contribution in [0.1, 0.15) is 292 Å². The summed E-state index contributed by atoms with van der Waals surface area (Å²) in [6.45, 7) is 61.4. The fourth-order valence-corrected chi connectivity index (χ4v) is 6.73. The lowest BCUT2D eigenvalue weighted by Gasteiger charge is -2.32. The molecule has 0 aromatic rings. The minimum absolute atomic E-state index is 0.188. The van der Waals surface area contributed by atoms with Gasteiger partial charge in [-0.25, -0.2) is 0 Å². The molecule has 2 aliphatic heterocycles. The SMILES string of the molecule is CC.CC.CC.CC.CC.CC.CC.CC.CC.CC.CC(C)N(CC(=O)NCC(=O)N(C(C)C)C(C)C(=O)NCC(=O)N1CCCC1C(=O)NCC(=O)O)C(=O)CNC(=O)[C@H](CCC(N)=O)NC(=O)CNC(=O)C1CCCN1.CCC.CCC.CCC.CCCCN. The molecule has 0 bridgehead atoms. The summed E-state index contributed by atoms with van der Waals surface area (Å²) in [5, 5.41) is 26.3. The number of nitrogens with one attached hydrogen (secondary N) is 7. The number of amides is 10. The lowest BCUT2D eigenvalue weighted by atomic mass is 10.1. The van der Waals surface area contributed by atoms with E-state index in [9.17, 15) is 52.7 Å². The van der Waals surface area contributed by atoms with Crippen LogP contribution in [0.15, 0.2) is 0 Å². The van der Waals surface area contributed by atoms with Crippen molar-refractivity contribution >= 4 is 65.0 Å². The van der Waals surface area contributed by atoms with E-state index >= 15 is 0 Å². The first kappa shape index (κ1) is 118. The molecule has 4 atom stereocenters. The quantitative estimate of drug-likeness (QED) is 0.0406. The normalized spacial score (nSPS) is 12.4. The van der Waals surface area contributed by atoms with Crippen molar-refractivity contribution in [3.05, 3.63) is 0 Å². The molecule has 93 heavy (non-hydrogen) atoms. The molecule has 0 radical (unpaired) electrons. The first-order chi connectivity index (χ1) is 44.4. The van der Waals surface area contributed by atoms with Crippen LogP contribution in [-0.4, -0.2) is 180 Å². The van der Waals surface area contributed by atoms with E-state index in [4.69, 9.17) is 16.6 Å². The number of likely N-dealkylation sites (tertiary alicyclic amines) is 1. The predicted molar refractivity (Wildman–Crippen MR) is 392 cm³/mol. The molecule has 2 heterocycles. The van der Waals surface area contributed by atoms with E-state index in [2.05, 4.69) is 85.7 Å². The van der Waals surface area contributed by atoms with Gasteiger partial charge in [-0.15, -0.1) is 0 Å². The number of nitrogens with zero attached hydrogens (tertiary/aromatic N) is 3. The van der Waals surface area contributed by atoms with E-state index in [1.807, 2.05) is 138 Å². The first-order valence-corrected chi connectivity index (χ1v) is 35.9. The summed E-state index contributed by atoms with van der Waals surface area (Å²) in [6, 6.07) is -4.75. The molecular weight excluding hydrogens is 1190 g/mol. The fraction of sp³-hybridized carbons (Fsp3) is 0.841. The Kier molecular flexibility index (Phi) is 120. The average Bonchev–Trinajstić information content (AvgIpc) is 1.97. The zero-order valence-corrected chi connectivity index (χ0v) is 66.0. The molecular formula is C69H154N12O12. The van der Waals surface area contributed by atoms with Crippen molar-refractivity contribution in [1.29, 1.82) is 0 Å². The number of hydrogen-bond acceptors (Lipinski definition) is 13. The van der Waals surface area contributed by atoms with Gasteiger partial charge < -0.3 is 68.5 Å². The lowest BCUT2D eigenvalue weighted by molar-refractivity contribution is -0.143. The fourth-order valence-electron chi connectivity index (χ4n) is 6.73. The third-order valence-corrected chi connectivity index (χ3v) is 10.1. The van der Waals surface area contributed by atoms with Gasteiger partial charge in [0.05, 0.1) is 38.8 Å². The van der Waals surface area contributed by atoms with Crippen molar-refractivity contribution in [3.8, 4) is 0 Å². The maximum absolute atomic E-state index is 13.3. The maximum Gasteiger partial charge on any atom is 0.322 e. The van der Waals surface area contributed by atoms with Crippen molar-refractivity contribution in [1.82, 2.24) is 51.9 Å². The summed E-state index contributed by atoms with van der Waals surface area (Å²) in [5.41, 5.74) is 10.4. The van der Waals surface area contributed by atoms with Crippen LogP contribution in [0, 0.1) is 0 Å². The van der Waals surface area contributed by atoms with Crippen molar-refractivity contribution in [2.45, 2.75) is 328 Å². The number of rotatable bonds is 25. The van der Waals surface area contributed by atoms with E-state index in [1.54, 1.807) is 27.7 Å². The third-order valence-electron chi connectivity index (χ3n) is 10.1. The minimum Gasteiger partial charge on any atom is -0.480 e. The Hall–Kier alpha value is -5.91. The smallest absolute Gasteiger partial charge is 0.322 e. The highest BCUT2D eigenvalue weighted by molar-refractivity contribution is 5.96. The van der Waals surface area contributed by atoms with Gasteiger partial charge >= 0.3 is 5.97 Å². The lowest BCUT2D eigenvalue weighted by Crippen LogP contribution is -2.56. The standard InChI is InChI=1S/C36H59N11O12.C4H11N.3C3H8.10C2H6/c1-20(2)46(30(52)16-42-35(58)24(10-11-26(37)48)44-27(49)14-40-34(57)23-8-6-12-38-23)19-28(50)39-17-31(53)47(21(3)4)22(5)33(56)41-15-29(51)45-13-7-9-25(45)36(59)43-18-32(54)55;1-2-3-4-5;3*1-3-2;10*1-2/h20-25,38H,6-19H2,1-5H3,(H2,37,48)(H,39,50)(H,40,57)(H,41,56)(H,42,58)(H,43,59)(H,44,49)(H,54,55);2-5H2,1H3;3*3H2,1-2H3;10*1-2H3/t22?,23?,24-,25?;;;;;;;;;;;;;;/m0............../s1. The molecule has 0 aromatic heterocycles. The molecule has 0 aromatic carbocycles. The highest BCUT2D eigenvalue weighted by Gasteiger charge is 2.35. The molecule has 562 valence electrons. The van der Waals surface area contributed by atoms with Gasteiger partial charge in [-0.05, 0) is 86.2 Å². The number of aliphatic carboxylic acids is 1. The van der Waals surface area contributed by atoms with Gasteiger partial charge in [-0.3, -0.25) is 52.7 Å². The number of carboxylic acids is 1. The summed E-state index contributed by atoms with van der Waals surface area (Å²) >= 11 is 0. The second kappa shape index (κ2) is 94.8. The maximum atomic E-state index is 13.3. The second-order valence-electron chi connectivity index (χ2n) is 18.0. The molecule has 12 N–H and O–H groups in total. The highest BCUT2D eigenvalue weighted by Crippen LogP contribution is 2.17. The Labute approximate surface area is 571 Å². The van der Waals surface area contributed by atoms with Crippen LogP contribution >= 0.6 is 0 Å². The second-order valence-corrected chi connectivity index (χ2v) is 18.0. The predicted octanol–water partition coefficient (Wildman–Crippen LogP) is 10.3. The van der Waals surface area contributed by atoms with Crippen molar-refractivity contribution in [3.63, 3.8) is 0 Å². The summed E-state index contributed by atoms with van der Waals surface area (Å²) < 4.78 is 0. The van der Waals surface area contributed by atoms with Gasteiger partial charge in [0.2, 0.25) is 59.1 Å². The zero-order valence-electron chi connectivity index (χ0n) is 66.0. The molecule has 2 aliphatic rings. The number of carboxylic acid groups (broad SMARTS) is 1. The zero-order chi connectivity index (χ0) is 76.6. The molecule has 0 saturated carbocycles. The van der Waals surface area contributed by atoms with Gasteiger partial charge in [0.1, 0.15) is 24.7 Å². The van der Waals surface area contributed by atoms with Crippen LogP contribution < -0.4 is 48.7 Å². The van der Waals surface area contributed by atoms with Crippen LogP contribution in [0.5, 0.6) is 0 Å². The van der Waals surface area contributed by atoms with Crippen LogP contribution in [0.4, 0.5) is 0 Å². The van der Waals surface area contributed by atoms with Gasteiger partial charge in [0.25, 0.3) is 0 Å². The summed E-state index contributed by atoms with van der Waals surface area (Å²) in [6.07, 6.45) is 7.95. The number of carbonyl (C=O) groups excluding carboxylic acids is 10. The first-order valence-electron chi connectivity index (χ1n) is 35.9. The monoisotopic (exact) mass is 1340 g/mol. The highest BCUT2D eigenvalue weighted by atomic mass is 16.4. The van der Waals surface area contributed by atoms with Gasteiger partial charge in [0, 0.05) is 25.0 Å². The van der Waals surface area contributed by atoms with Crippen LogP contribution in [0.3, 0.4) is 0 Å². The Morgan fingerprint density at radius 2 is 0.978 bits per heavy atom. The third kappa shape index (κ3) is 73.4. The number of primary amides is 1. The number of unbranched alkanes of at least 4 members (excludes halogenated alkanes) is 1. The summed E-state index contributed by atoms with van der Waals surface area (Å²) in [4.78, 5) is 141. The van der Waals surface area contributed by atoms with Gasteiger partial charge in [-0.1, -0.05) is 213 Å². The van der Waals surface area contributed by atoms with E-state index in [-0.39, 0.29) is 25.3 Å². The molecule has 24 nitrogen and oxygen atoms in total. The van der Waals surface area contributed by atoms with E-state index in [0.717, 1.165) is 17.9 Å². The van der Waals surface area contributed by atoms with Crippen LogP contribution in [0.2, 0.25) is 0 Å². The molecule has 0 spiro atoms. The topological polar surface area (TPSA) is 354 Å². The number of carbonyl (C=O) groups is 11. The Morgan fingerprint density at radius 1 is 0.538 bits per heavy atom. The molecule has 2 saturated heterocycles. The Balaban J connectivity index is -0.000000144.